The quantitative estimate of drug-likeness (QED) is 0.149. The topological polar surface area (TPSA) is 206 Å². The fourth-order valence-electron chi connectivity index (χ4n) is 6.56. The Kier molecular flexibility index (Phi) is 5.52. The summed E-state index contributed by atoms with van der Waals surface area (Å²) in [5.41, 5.74) is -0.925. The molecule has 6 rings (SSSR count). The van der Waals surface area contributed by atoms with Crippen molar-refractivity contribution in [1.29, 1.82) is 10.8 Å². The third kappa shape index (κ3) is 3.46. The largest absolute Gasteiger partial charge is 0.492 e. The molecular formula is C25H33N9O6. The van der Waals surface area contributed by atoms with E-state index >= 15 is 0 Å². The van der Waals surface area contributed by atoms with Crippen molar-refractivity contribution in [3.8, 4) is 5.75 Å². The number of amides is 4. The van der Waals surface area contributed by atoms with Gasteiger partial charge in [0, 0.05) is 19.2 Å². The van der Waals surface area contributed by atoms with Crippen molar-refractivity contribution in [2.24, 2.45) is 0 Å². The highest BCUT2D eigenvalue weighted by Gasteiger charge is 2.74. The first kappa shape index (κ1) is 26.1. The molecule has 0 bridgehead atoms. The summed E-state index contributed by atoms with van der Waals surface area (Å²) in [7, 11) is 1.50. The Bertz CT molecular complexity index is 1350. The fraction of sp³-hybridized carbons (Fsp3) is 0.560. The number of nitrogens with zero attached hydrogens (tertiary/aromatic N) is 3. The van der Waals surface area contributed by atoms with Crippen molar-refractivity contribution in [2.45, 2.75) is 55.3 Å². The molecule has 5 heterocycles. The van der Waals surface area contributed by atoms with Gasteiger partial charge in [0.25, 0.3) is 5.91 Å². The van der Waals surface area contributed by atoms with Crippen molar-refractivity contribution in [3.05, 3.63) is 29.3 Å². The monoisotopic (exact) mass is 555 g/mol. The maximum Gasteiger partial charge on any atom is 0.327 e. The number of benzene rings is 1. The second kappa shape index (κ2) is 8.44. The van der Waals surface area contributed by atoms with Crippen molar-refractivity contribution >= 4 is 29.8 Å². The second-order valence-corrected chi connectivity index (χ2v) is 11.7. The number of ether oxygens (including phenoxy) is 1. The van der Waals surface area contributed by atoms with Crippen molar-refractivity contribution in [1.82, 2.24) is 36.0 Å². The number of para-hydroxylation sites is 1. The van der Waals surface area contributed by atoms with E-state index in [4.69, 9.17) is 15.6 Å². The first-order valence-electron chi connectivity index (χ1n) is 13.1. The highest BCUT2D eigenvalue weighted by atomic mass is 16.5. The molecule has 5 aliphatic rings. The normalized spacial score (nSPS) is 31.5. The number of fused-ring (bicyclic) bond motifs is 1. The Labute approximate surface area is 229 Å². The van der Waals surface area contributed by atoms with Gasteiger partial charge in [-0.25, -0.2) is 4.79 Å². The molecule has 1 aromatic rings. The molecule has 0 saturated carbocycles. The summed E-state index contributed by atoms with van der Waals surface area (Å²) in [5.74, 6) is -3.70. The summed E-state index contributed by atoms with van der Waals surface area (Å²) in [4.78, 5) is 42.2. The lowest BCUT2D eigenvalue weighted by Gasteiger charge is -2.51. The Morgan fingerprint density at radius 3 is 2.67 bits per heavy atom. The van der Waals surface area contributed by atoms with Crippen LogP contribution in [-0.2, 0) is 10.2 Å². The average molecular weight is 556 g/mol. The second-order valence-electron chi connectivity index (χ2n) is 11.7. The number of hydrogen-bond donors (Lipinski definition) is 8. The van der Waals surface area contributed by atoms with E-state index in [1.807, 2.05) is 6.07 Å². The molecular weight excluding hydrogens is 522 g/mol. The number of hydrogen-bond acceptors (Lipinski definition) is 8. The Morgan fingerprint density at radius 2 is 1.98 bits per heavy atom. The zero-order valence-corrected chi connectivity index (χ0v) is 22.4. The van der Waals surface area contributed by atoms with Crippen LogP contribution in [0, 0.1) is 10.8 Å². The summed E-state index contributed by atoms with van der Waals surface area (Å²) in [6.45, 7) is 4.14. The molecule has 5 aliphatic heterocycles. The molecule has 0 aromatic heterocycles. The molecule has 15 heteroatoms. The minimum absolute atomic E-state index is 0.0887. The third-order valence-electron chi connectivity index (χ3n) is 8.78. The third-order valence-corrected chi connectivity index (χ3v) is 8.78. The zero-order chi connectivity index (χ0) is 28.8. The van der Waals surface area contributed by atoms with Gasteiger partial charge in [0.1, 0.15) is 18.3 Å². The Balaban J connectivity index is 1.31. The van der Waals surface area contributed by atoms with Crippen molar-refractivity contribution < 1.29 is 29.3 Å². The van der Waals surface area contributed by atoms with E-state index in [0.717, 1.165) is 16.9 Å². The molecule has 8 N–H and O–H groups in total. The lowest BCUT2D eigenvalue weighted by Crippen LogP contribution is -2.81. The van der Waals surface area contributed by atoms with Gasteiger partial charge in [-0.15, -0.1) is 0 Å². The Hall–Kier alpha value is -4.11. The predicted octanol–water partition coefficient (Wildman–Crippen LogP) is -2.17. The van der Waals surface area contributed by atoms with Gasteiger partial charge in [-0.05, 0) is 17.9 Å². The van der Waals surface area contributed by atoms with Crippen LogP contribution in [0.1, 0.15) is 36.2 Å². The molecule has 40 heavy (non-hydrogen) atoms. The lowest BCUT2D eigenvalue weighted by molar-refractivity contribution is -0.232. The lowest BCUT2D eigenvalue weighted by atomic mass is 9.79. The van der Waals surface area contributed by atoms with Gasteiger partial charge in [-0.2, -0.15) is 0 Å². The molecule has 1 spiro atoms. The van der Waals surface area contributed by atoms with Gasteiger partial charge in [0.05, 0.1) is 30.8 Å². The predicted molar refractivity (Wildman–Crippen MR) is 140 cm³/mol. The number of imide groups is 1. The SMILES string of the molecule is CN1CC(=O)N(C[C@@H]2NC(=N)N3CC(NC(=O)c4cccc5c4OCCC5(C)C)C(O)(O)C34NC(=N)N[C@@H]24)C1=O. The number of urea groups is 1. The van der Waals surface area contributed by atoms with Crippen molar-refractivity contribution in [3.63, 3.8) is 0 Å². The van der Waals surface area contributed by atoms with E-state index in [1.54, 1.807) is 12.1 Å². The number of carbonyl (C=O) groups excluding carboxylic acids is 3. The van der Waals surface area contributed by atoms with Gasteiger partial charge >= 0.3 is 6.03 Å². The van der Waals surface area contributed by atoms with Crippen LogP contribution in [-0.4, -0.2) is 118 Å². The van der Waals surface area contributed by atoms with E-state index in [2.05, 4.69) is 35.1 Å². The van der Waals surface area contributed by atoms with E-state index in [1.165, 1.54) is 16.8 Å². The number of rotatable bonds is 4. The number of carbonyl (C=O) groups is 3. The van der Waals surface area contributed by atoms with E-state index in [0.29, 0.717) is 12.4 Å². The van der Waals surface area contributed by atoms with Crippen LogP contribution in [0.2, 0.25) is 0 Å². The van der Waals surface area contributed by atoms with E-state index in [9.17, 15) is 24.6 Å². The standard InChI is InChI=1S/C25H33N9O6/c1-23(2)7-8-40-17-12(5-4-6-13(17)23)19(36)29-15-10-34-21(27)28-14(9-33-16(35)11-32(3)22(33)37)18-24(34,25(15,38)39)31-20(26)30-18/h4-6,14-15,18,38-39H,7-11H2,1-3H3,(H2,27,28)(H,29,36)(H3,26,30,31)/t14-,15?,18-,24?/m0/s1. The maximum absolute atomic E-state index is 13.5. The van der Waals surface area contributed by atoms with Crippen LogP contribution in [0.25, 0.3) is 0 Å². The van der Waals surface area contributed by atoms with Gasteiger partial charge < -0.3 is 46.0 Å². The van der Waals surface area contributed by atoms with Crippen LogP contribution < -0.4 is 26.0 Å². The van der Waals surface area contributed by atoms with Crippen LogP contribution >= 0.6 is 0 Å². The highest BCUT2D eigenvalue weighted by molar-refractivity contribution is 6.02. The highest BCUT2D eigenvalue weighted by Crippen LogP contribution is 2.44. The first-order valence-corrected chi connectivity index (χ1v) is 13.1. The summed E-state index contributed by atoms with van der Waals surface area (Å²) in [6.07, 6.45) is 0.786. The number of guanidine groups is 2. The average Bonchev–Trinajstić information content (AvgIpc) is 3.44. The van der Waals surface area contributed by atoms with Crippen molar-refractivity contribution in [2.75, 3.05) is 33.3 Å². The zero-order valence-electron chi connectivity index (χ0n) is 22.4. The molecule has 2 unspecified atom stereocenters. The smallest absolute Gasteiger partial charge is 0.327 e. The molecule has 214 valence electrons. The molecule has 4 saturated heterocycles. The number of aliphatic hydroxyl groups is 2. The van der Waals surface area contributed by atoms with Gasteiger partial charge in [-0.1, -0.05) is 26.0 Å². The fourth-order valence-corrected chi connectivity index (χ4v) is 6.56. The van der Waals surface area contributed by atoms with E-state index < -0.39 is 47.4 Å². The Morgan fingerprint density at radius 1 is 1.23 bits per heavy atom. The summed E-state index contributed by atoms with van der Waals surface area (Å²) in [5, 5.41) is 51.6. The summed E-state index contributed by atoms with van der Waals surface area (Å²) in [6, 6.07) is 1.64. The van der Waals surface area contributed by atoms with Crippen LogP contribution in [0.5, 0.6) is 5.75 Å². The summed E-state index contributed by atoms with van der Waals surface area (Å²) < 4.78 is 5.87. The molecule has 4 fully saturated rings. The van der Waals surface area contributed by atoms with Crippen LogP contribution in [0.4, 0.5) is 4.79 Å². The molecule has 4 atom stereocenters. The van der Waals surface area contributed by atoms with E-state index in [-0.39, 0.29) is 42.5 Å². The molecule has 0 aliphatic carbocycles. The summed E-state index contributed by atoms with van der Waals surface area (Å²) >= 11 is 0. The first-order chi connectivity index (χ1) is 18.8. The minimum atomic E-state index is -2.69. The molecule has 1 aromatic carbocycles. The van der Waals surface area contributed by atoms with Gasteiger partial charge in [-0.3, -0.25) is 25.3 Å². The minimum Gasteiger partial charge on any atom is -0.492 e. The van der Waals surface area contributed by atoms with Crippen LogP contribution in [0.3, 0.4) is 0 Å². The molecule has 4 amide bonds. The number of likely N-dealkylation sites (N-methyl/N-ethyl adjacent to an activating group) is 1. The molecule has 0 radical (unpaired) electrons. The maximum atomic E-state index is 13.5. The van der Waals surface area contributed by atoms with Gasteiger partial charge in [0.2, 0.25) is 11.7 Å². The molecule has 15 nitrogen and oxygen atoms in total. The van der Waals surface area contributed by atoms with Crippen LogP contribution in [0.15, 0.2) is 18.2 Å². The number of nitrogens with one attached hydrogen (secondary N) is 6. The van der Waals surface area contributed by atoms with Gasteiger partial charge in [0.15, 0.2) is 17.6 Å².